The number of hydrogen-bond donors (Lipinski definition) is 0. The SMILES string of the molecule is [2H]c1ccc2cc(-c3ccc(-c4c5ccccc5c(-c5cccc6oc7cc(C(C)C)ccc7c56)c5ccccc45)cc3)ccc2c1. The van der Waals surface area contributed by atoms with E-state index in [9.17, 15) is 0 Å². The summed E-state index contributed by atoms with van der Waals surface area (Å²) in [6, 6.07) is 52.6. The third-order valence-electron chi connectivity index (χ3n) is 9.58. The predicted octanol–water partition coefficient (Wildman–Crippen LogP) is 13.2. The molecule has 0 fully saturated rings. The molecule has 0 saturated heterocycles. The summed E-state index contributed by atoms with van der Waals surface area (Å²) in [6.07, 6.45) is 0. The second-order valence-corrected chi connectivity index (χ2v) is 12.6. The highest BCUT2D eigenvalue weighted by Crippen LogP contribution is 2.47. The van der Waals surface area contributed by atoms with Gasteiger partial charge in [0.15, 0.2) is 0 Å². The van der Waals surface area contributed by atoms with Gasteiger partial charge in [0.1, 0.15) is 11.2 Å². The monoisotopic (exact) mass is 589 g/mol. The molecule has 8 aromatic carbocycles. The maximum absolute atomic E-state index is 7.95. The molecule has 0 bridgehead atoms. The fourth-order valence-corrected chi connectivity index (χ4v) is 7.27. The average Bonchev–Trinajstić information content (AvgIpc) is 3.49. The second-order valence-electron chi connectivity index (χ2n) is 12.6. The minimum Gasteiger partial charge on any atom is -0.456 e. The standard InChI is InChI=1S/C45H32O/c1-28(2)32-24-25-39-42(27-32)46-41-17-9-16-40(45(39)41)44-37-14-7-5-12-35(37)43(36-13-6-8-15-38(36)44)31-21-18-30(19-22-31)34-23-20-29-10-3-4-11-33(29)26-34/h3-28H,1-2H3/i3D. The van der Waals surface area contributed by atoms with Crippen LogP contribution in [0.25, 0.3) is 87.6 Å². The zero-order chi connectivity index (χ0) is 31.6. The van der Waals surface area contributed by atoms with E-state index in [1.54, 1.807) is 0 Å². The van der Waals surface area contributed by atoms with Crippen molar-refractivity contribution >= 4 is 54.3 Å². The van der Waals surface area contributed by atoms with Crippen molar-refractivity contribution in [3.63, 3.8) is 0 Å². The lowest BCUT2D eigenvalue weighted by atomic mass is 9.84. The smallest absolute Gasteiger partial charge is 0.136 e. The highest BCUT2D eigenvalue weighted by atomic mass is 16.3. The number of benzene rings is 8. The first-order valence-electron chi connectivity index (χ1n) is 16.5. The summed E-state index contributed by atoms with van der Waals surface area (Å²) in [5, 5.41) is 9.49. The normalized spacial score (nSPS) is 12.2. The van der Waals surface area contributed by atoms with Crippen molar-refractivity contribution in [2.24, 2.45) is 0 Å². The Bertz CT molecular complexity index is 2600. The summed E-state index contributed by atoms with van der Waals surface area (Å²) >= 11 is 0. The fraction of sp³-hybridized carbons (Fsp3) is 0.0667. The van der Waals surface area contributed by atoms with E-state index in [-0.39, 0.29) is 0 Å². The summed E-state index contributed by atoms with van der Waals surface area (Å²) < 4.78 is 14.4. The number of rotatable bonds is 4. The molecule has 0 radical (unpaired) electrons. The zero-order valence-corrected chi connectivity index (χ0v) is 25.8. The Morgan fingerprint density at radius 1 is 0.478 bits per heavy atom. The minimum absolute atomic E-state index is 0.437. The molecule has 1 heteroatoms. The van der Waals surface area contributed by atoms with Gasteiger partial charge in [-0.1, -0.05) is 147 Å². The van der Waals surface area contributed by atoms with Gasteiger partial charge in [-0.15, -0.1) is 0 Å². The Hall–Kier alpha value is -5.66. The Balaban J connectivity index is 1.26. The Labute approximate surface area is 269 Å². The van der Waals surface area contributed by atoms with Crippen LogP contribution in [0.2, 0.25) is 0 Å². The average molecular weight is 590 g/mol. The van der Waals surface area contributed by atoms with E-state index in [1.165, 1.54) is 65.9 Å². The van der Waals surface area contributed by atoms with Gasteiger partial charge in [-0.05, 0) is 95.4 Å². The van der Waals surface area contributed by atoms with E-state index in [0.717, 1.165) is 27.3 Å². The molecule has 0 amide bonds. The molecule has 46 heavy (non-hydrogen) atoms. The molecule has 0 aliphatic heterocycles. The molecule has 0 N–H and O–H groups in total. The molecule has 9 rings (SSSR count). The molecular formula is C45H32O. The molecule has 1 heterocycles. The highest BCUT2D eigenvalue weighted by molar-refractivity contribution is 6.25. The van der Waals surface area contributed by atoms with Crippen LogP contribution in [0.1, 0.15) is 26.7 Å². The van der Waals surface area contributed by atoms with Crippen LogP contribution in [-0.2, 0) is 0 Å². The van der Waals surface area contributed by atoms with E-state index in [0.29, 0.717) is 12.0 Å². The highest BCUT2D eigenvalue weighted by Gasteiger charge is 2.20. The lowest BCUT2D eigenvalue weighted by molar-refractivity contribution is 0.667. The van der Waals surface area contributed by atoms with E-state index < -0.39 is 0 Å². The van der Waals surface area contributed by atoms with Gasteiger partial charge in [0.2, 0.25) is 0 Å². The van der Waals surface area contributed by atoms with Crippen LogP contribution >= 0.6 is 0 Å². The van der Waals surface area contributed by atoms with Gasteiger partial charge in [0.25, 0.3) is 0 Å². The van der Waals surface area contributed by atoms with Crippen molar-refractivity contribution in [3.05, 3.63) is 157 Å². The van der Waals surface area contributed by atoms with Crippen LogP contribution in [-0.4, -0.2) is 0 Å². The van der Waals surface area contributed by atoms with Crippen LogP contribution in [0, 0.1) is 0 Å². The largest absolute Gasteiger partial charge is 0.456 e. The van der Waals surface area contributed by atoms with Gasteiger partial charge in [0.05, 0.1) is 1.37 Å². The number of fused-ring (bicyclic) bond motifs is 6. The van der Waals surface area contributed by atoms with Gasteiger partial charge < -0.3 is 4.42 Å². The fourth-order valence-electron chi connectivity index (χ4n) is 7.27. The van der Waals surface area contributed by atoms with E-state index in [2.05, 4.69) is 141 Å². The molecule has 0 atom stereocenters. The van der Waals surface area contributed by atoms with Crippen LogP contribution in [0.4, 0.5) is 0 Å². The summed E-state index contributed by atoms with van der Waals surface area (Å²) in [5.41, 5.74) is 10.4. The maximum Gasteiger partial charge on any atom is 0.136 e. The summed E-state index contributed by atoms with van der Waals surface area (Å²) in [7, 11) is 0. The van der Waals surface area contributed by atoms with Crippen molar-refractivity contribution in [1.29, 1.82) is 0 Å². The molecule has 0 spiro atoms. The zero-order valence-electron chi connectivity index (χ0n) is 26.8. The summed E-state index contributed by atoms with van der Waals surface area (Å²) in [5.74, 6) is 0.437. The van der Waals surface area contributed by atoms with Crippen molar-refractivity contribution in [2.45, 2.75) is 19.8 Å². The lowest BCUT2D eigenvalue weighted by Gasteiger charge is -2.18. The number of furan rings is 1. The molecule has 0 aliphatic rings. The Morgan fingerprint density at radius 3 is 1.87 bits per heavy atom. The van der Waals surface area contributed by atoms with Gasteiger partial charge in [-0.3, -0.25) is 0 Å². The van der Waals surface area contributed by atoms with Crippen LogP contribution in [0.5, 0.6) is 0 Å². The topological polar surface area (TPSA) is 13.1 Å². The van der Waals surface area contributed by atoms with Crippen molar-refractivity contribution in [2.75, 3.05) is 0 Å². The first-order chi connectivity index (χ1) is 23.0. The summed E-state index contributed by atoms with van der Waals surface area (Å²) in [6.45, 7) is 4.45. The molecule has 0 unspecified atom stereocenters. The predicted molar refractivity (Wildman–Crippen MR) is 197 cm³/mol. The molecular weight excluding hydrogens is 556 g/mol. The third-order valence-corrected chi connectivity index (χ3v) is 9.58. The molecule has 1 nitrogen and oxygen atoms in total. The van der Waals surface area contributed by atoms with Crippen molar-refractivity contribution < 1.29 is 5.79 Å². The van der Waals surface area contributed by atoms with Gasteiger partial charge in [0, 0.05) is 10.8 Å². The lowest BCUT2D eigenvalue weighted by Crippen LogP contribution is -1.91. The van der Waals surface area contributed by atoms with Crippen LogP contribution in [0.3, 0.4) is 0 Å². The van der Waals surface area contributed by atoms with E-state index in [1.807, 2.05) is 18.2 Å². The Kier molecular flexibility index (Phi) is 5.83. The van der Waals surface area contributed by atoms with E-state index >= 15 is 0 Å². The second kappa shape index (κ2) is 10.5. The third kappa shape index (κ3) is 4.16. The molecule has 0 aliphatic carbocycles. The number of hydrogen-bond acceptors (Lipinski definition) is 1. The van der Waals surface area contributed by atoms with Crippen molar-refractivity contribution in [3.8, 4) is 33.4 Å². The molecule has 0 saturated carbocycles. The molecule has 1 aromatic heterocycles. The first kappa shape index (κ1) is 25.6. The minimum atomic E-state index is 0.437. The van der Waals surface area contributed by atoms with E-state index in [4.69, 9.17) is 5.79 Å². The van der Waals surface area contributed by atoms with Gasteiger partial charge in [-0.25, -0.2) is 0 Å². The summed E-state index contributed by atoms with van der Waals surface area (Å²) in [4.78, 5) is 0. The van der Waals surface area contributed by atoms with Crippen LogP contribution in [0.15, 0.2) is 156 Å². The first-order valence-corrected chi connectivity index (χ1v) is 16.0. The van der Waals surface area contributed by atoms with Crippen LogP contribution < -0.4 is 0 Å². The molecule has 9 aromatic rings. The quantitative estimate of drug-likeness (QED) is 0.186. The molecule has 218 valence electrons. The Morgan fingerprint density at radius 2 is 1.15 bits per heavy atom. The van der Waals surface area contributed by atoms with Crippen molar-refractivity contribution in [1.82, 2.24) is 0 Å². The van der Waals surface area contributed by atoms with Gasteiger partial charge >= 0.3 is 0 Å². The maximum atomic E-state index is 7.95. The van der Waals surface area contributed by atoms with Gasteiger partial charge in [-0.2, -0.15) is 0 Å².